The topological polar surface area (TPSA) is 104 Å². The van der Waals surface area contributed by atoms with Gasteiger partial charge in [0.1, 0.15) is 11.7 Å². The van der Waals surface area contributed by atoms with Crippen molar-refractivity contribution in [3.63, 3.8) is 0 Å². The minimum atomic E-state index is -0.708. The Bertz CT molecular complexity index is 971. The van der Waals surface area contributed by atoms with Crippen LogP contribution in [0.25, 0.3) is 22.2 Å². The number of carbonyl (C=O) groups excluding carboxylic acids is 2. The van der Waals surface area contributed by atoms with E-state index in [4.69, 9.17) is 5.73 Å². The molecule has 3 aromatic heterocycles. The van der Waals surface area contributed by atoms with Crippen LogP contribution in [0.4, 0.5) is 0 Å². The third-order valence-electron chi connectivity index (χ3n) is 4.05. The average Bonchev–Trinajstić information content (AvgIpc) is 3.33. The van der Waals surface area contributed by atoms with E-state index in [-0.39, 0.29) is 17.5 Å². The van der Waals surface area contributed by atoms with Crippen molar-refractivity contribution in [3.8, 4) is 11.3 Å². The molecule has 0 atom stereocenters. The predicted octanol–water partition coefficient (Wildman–Crippen LogP) is 1.75. The van der Waals surface area contributed by atoms with Crippen LogP contribution >= 0.6 is 0 Å². The van der Waals surface area contributed by atoms with E-state index >= 15 is 0 Å². The summed E-state index contributed by atoms with van der Waals surface area (Å²) in [4.78, 5) is 32.8. The van der Waals surface area contributed by atoms with Gasteiger partial charge in [-0.05, 0) is 38.0 Å². The Labute approximate surface area is 137 Å². The smallest absolute Gasteiger partial charge is 0.269 e. The number of aryl methyl sites for hydroxylation is 1. The molecule has 7 nitrogen and oxygen atoms in total. The van der Waals surface area contributed by atoms with Crippen molar-refractivity contribution in [3.05, 3.63) is 42.0 Å². The summed E-state index contributed by atoms with van der Waals surface area (Å²) in [6.45, 7) is 1.89. The second-order valence-electron chi connectivity index (χ2n) is 5.94. The molecule has 1 saturated carbocycles. The first-order chi connectivity index (χ1) is 11.5. The number of hydrogen-bond donors (Lipinski definition) is 1. The van der Waals surface area contributed by atoms with Crippen molar-refractivity contribution >= 4 is 22.7 Å². The van der Waals surface area contributed by atoms with Crippen molar-refractivity contribution in [2.24, 2.45) is 11.7 Å². The van der Waals surface area contributed by atoms with Gasteiger partial charge in [-0.2, -0.15) is 9.78 Å². The van der Waals surface area contributed by atoms with Gasteiger partial charge in [0.15, 0.2) is 5.69 Å². The molecule has 0 aliphatic heterocycles. The van der Waals surface area contributed by atoms with Crippen LogP contribution in [0.5, 0.6) is 0 Å². The third-order valence-corrected chi connectivity index (χ3v) is 4.05. The number of amides is 1. The van der Waals surface area contributed by atoms with Crippen LogP contribution in [0.15, 0.2) is 24.4 Å². The predicted molar refractivity (Wildman–Crippen MR) is 86.2 cm³/mol. The van der Waals surface area contributed by atoms with Crippen molar-refractivity contribution in [1.82, 2.24) is 19.7 Å². The molecular formula is C17H14N5O2. The molecule has 0 bridgehead atoms. The maximum Gasteiger partial charge on any atom is 0.269 e. The van der Waals surface area contributed by atoms with Crippen LogP contribution in [-0.4, -0.2) is 31.6 Å². The lowest BCUT2D eigenvalue weighted by atomic mass is 10.1. The Morgan fingerprint density at radius 1 is 1.33 bits per heavy atom. The first kappa shape index (κ1) is 14.5. The Morgan fingerprint density at radius 2 is 2.12 bits per heavy atom. The van der Waals surface area contributed by atoms with E-state index in [2.05, 4.69) is 21.3 Å². The lowest BCUT2D eigenvalue weighted by Crippen LogP contribution is -2.19. The van der Waals surface area contributed by atoms with Gasteiger partial charge in [0.25, 0.3) is 11.8 Å². The lowest BCUT2D eigenvalue weighted by Gasteiger charge is -2.07. The number of nitrogens with two attached hydrogens (primary N) is 1. The van der Waals surface area contributed by atoms with Crippen LogP contribution in [0.3, 0.4) is 0 Å². The molecule has 3 heterocycles. The number of aromatic nitrogens is 4. The van der Waals surface area contributed by atoms with E-state index in [0.717, 1.165) is 24.1 Å². The van der Waals surface area contributed by atoms with E-state index in [9.17, 15) is 9.59 Å². The third kappa shape index (κ3) is 2.34. The number of nitrogens with zero attached hydrogens (tertiary/aromatic N) is 4. The summed E-state index contributed by atoms with van der Waals surface area (Å²) in [6.07, 6.45) is 6.15. The van der Waals surface area contributed by atoms with E-state index in [0.29, 0.717) is 16.6 Å². The fraction of sp³-hybridized carbons (Fsp3) is 0.235. The first-order valence-corrected chi connectivity index (χ1v) is 7.63. The summed E-state index contributed by atoms with van der Waals surface area (Å²) in [5.41, 5.74) is 8.00. The zero-order valence-electron chi connectivity index (χ0n) is 13.0. The van der Waals surface area contributed by atoms with Crippen LogP contribution < -0.4 is 5.73 Å². The maximum absolute atomic E-state index is 12.3. The van der Waals surface area contributed by atoms with Crippen molar-refractivity contribution < 1.29 is 9.59 Å². The molecule has 1 aliphatic carbocycles. The van der Waals surface area contributed by atoms with Crippen LogP contribution in [0.1, 0.15) is 33.8 Å². The van der Waals surface area contributed by atoms with Gasteiger partial charge in [-0.3, -0.25) is 14.6 Å². The number of primary amides is 1. The molecule has 3 aromatic rings. The van der Waals surface area contributed by atoms with Gasteiger partial charge in [-0.15, -0.1) is 0 Å². The summed E-state index contributed by atoms with van der Waals surface area (Å²) in [6, 6.07) is 5.45. The zero-order valence-corrected chi connectivity index (χ0v) is 13.0. The molecule has 24 heavy (non-hydrogen) atoms. The van der Waals surface area contributed by atoms with Gasteiger partial charge in [-0.25, -0.2) is 4.98 Å². The Balaban J connectivity index is 1.92. The molecule has 0 aromatic carbocycles. The maximum atomic E-state index is 12.3. The zero-order chi connectivity index (χ0) is 16.8. The number of pyridine rings is 2. The summed E-state index contributed by atoms with van der Waals surface area (Å²) < 4.78 is 1.21. The number of carbonyl (C=O) groups is 2. The second-order valence-corrected chi connectivity index (χ2v) is 5.94. The van der Waals surface area contributed by atoms with E-state index in [1.54, 1.807) is 12.3 Å². The largest absolute Gasteiger partial charge is 0.364 e. The van der Waals surface area contributed by atoms with E-state index in [1.807, 2.05) is 19.1 Å². The lowest BCUT2D eigenvalue weighted by molar-refractivity contribution is 0.0875. The molecule has 0 spiro atoms. The molecule has 7 heteroatoms. The summed E-state index contributed by atoms with van der Waals surface area (Å²) in [5, 5.41) is 4.56. The molecule has 1 aliphatic rings. The molecule has 1 amide bonds. The highest BCUT2D eigenvalue weighted by Gasteiger charge is 2.33. The van der Waals surface area contributed by atoms with E-state index < -0.39 is 5.91 Å². The van der Waals surface area contributed by atoms with Gasteiger partial charge < -0.3 is 5.73 Å². The summed E-state index contributed by atoms with van der Waals surface area (Å²) in [7, 11) is 0. The highest BCUT2D eigenvalue weighted by Crippen LogP contribution is 2.32. The van der Waals surface area contributed by atoms with Crippen LogP contribution in [-0.2, 0) is 0 Å². The van der Waals surface area contributed by atoms with Gasteiger partial charge >= 0.3 is 0 Å². The van der Waals surface area contributed by atoms with Crippen molar-refractivity contribution in [2.45, 2.75) is 19.8 Å². The Kier molecular flexibility index (Phi) is 3.16. The molecule has 1 radical (unpaired) electrons. The van der Waals surface area contributed by atoms with Crippen molar-refractivity contribution in [2.75, 3.05) is 0 Å². The Morgan fingerprint density at radius 3 is 2.75 bits per heavy atom. The second kappa shape index (κ2) is 5.23. The first-order valence-electron chi connectivity index (χ1n) is 7.63. The Hall–Kier alpha value is -3.09. The minimum absolute atomic E-state index is 0.0193. The molecule has 4 rings (SSSR count). The number of rotatable bonds is 3. The molecule has 2 N–H and O–H groups in total. The number of hydrogen-bond acceptors (Lipinski definition) is 5. The summed E-state index contributed by atoms with van der Waals surface area (Å²) >= 11 is 0. The fourth-order valence-electron chi connectivity index (χ4n) is 2.59. The van der Waals surface area contributed by atoms with Crippen molar-refractivity contribution in [1.29, 1.82) is 0 Å². The molecule has 1 fully saturated rings. The van der Waals surface area contributed by atoms with Gasteiger partial charge in [0.2, 0.25) is 0 Å². The normalized spacial score (nSPS) is 14.0. The van der Waals surface area contributed by atoms with Crippen LogP contribution in [0, 0.1) is 19.0 Å². The van der Waals surface area contributed by atoms with Gasteiger partial charge in [-0.1, -0.05) is 0 Å². The average molecular weight is 320 g/mol. The highest BCUT2D eigenvalue weighted by molar-refractivity contribution is 6.06. The SMILES string of the molecule is Cc1ccc(-c2cc3[c]nn(C(=O)C4CC4)c3c(C(N)=O)n2)cn1. The standard InChI is InChI=1S/C17H14N5O2/c1-9-2-3-11(7-19-9)13-6-12-8-20-22(17(24)10-4-5-10)15(12)14(21-13)16(18)23/h2-3,6-7,10H,4-5H2,1H3,(H2,18,23). The molecule has 0 saturated heterocycles. The highest BCUT2D eigenvalue weighted by atomic mass is 16.2. The van der Waals surface area contributed by atoms with E-state index in [1.165, 1.54) is 4.68 Å². The van der Waals surface area contributed by atoms with Gasteiger partial charge in [0.05, 0.1) is 5.69 Å². The fourth-order valence-corrected chi connectivity index (χ4v) is 2.59. The molecular weight excluding hydrogens is 306 g/mol. The quantitative estimate of drug-likeness (QED) is 0.791. The van der Waals surface area contributed by atoms with Crippen LogP contribution in [0.2, 0.25) is 0 Å². The van der Waals surface area contributed by atoms with Gasteiger partial charge in [0, 0.05) is 28.8 Å². The molecule has 0 unspecified atom stereocenters. The molecule has 119 valence electrons. The number of fused-ring (bicyclic) bond motifs is 1. The minimum Gasteiger partial charge on any atom is -0.364 e. The monoisotopic (exact) mass is 320 g/mol. The summed E-state index contributed by atoms with van der Waals surface area (Å²) in [5.74, 6) is -0.890.